The molecule has 0 amide bonds. The minimum atomic E-state index is -4.23. The number of anilines is 1. The van der Waals surface area contributed by atoms with E-state index in [9.17, 15) is 13.2 Å². The van der Waals surface area contributed by atoms with E-state index in [2.05, 4.69) is 10.3 Å². The molecule has 1 N–H and O–H groups in total. The van der Waals surface area contributed by atoms with Crippen molar-refractivity contribution in [3.8, 4) is 0 Å². The molecule has 0 bridgehead atoms. The summed E-state index contributed by atoms with van der Waals surface area (Å²) in [4.78, 5) is 5.62. The van der Waals surface area contributed by atoms with Gasteiger partial charge in [-0.2, -0.15) is 13.2 Å². The summed E-state index contributed by atoms with van der Waals surface area (Å²) in [7, 11) is 0. The molecule has 1 aromatic heterocycles. The molecule has 3 nitrogen and oxygen atoms in total. The predicted octanol–water partition coefficient (Wildman–Crippen LogP) is 3.75. The highest BCUT2D eigenvalue weighted by Gasteiger charge is 2.31. The Morgan fingerprint density at radius 2 is 1.86 bits per heavy atom. The van der Waals surface area contributed by atoms with E-state index in [1.54, 1.807) is 12.1 Å². The van der Waals surface area contributed by atoms with Gasteiger partial charge in [0.05, 0.1) is 5.69 Å². The van der Waals surface area contributed by atoms with Crippen molar-refractivity contribution in [2.45, 2.75) is 52.4 Å². The first-order valence-corrected chi connectivity index (χ1v) is 7.13. The molecule has 0 aliphatic carbocycles. The number of rotatable bonds is 6. The van der Waals surface area contributed by atoms with Crippen LogP contribution in [0.25, 0.3) is 0 Å². The Morgan fingerprint density at radius 3 is 2.38 bits per heavy atom. The lowest BCUT2D eigenvalue weighted by atomic mass is 10.1. The normalized spacial score (nSPS) is 12.5. The summed E-state index contributed by atoms with van der Waals surface area (Å²) in [5.74, 6) is 0.377. The molecular formula is C15H24F3N3. The maximum absolute atomic E-state index is 12.6. The Labute approximate surface area is 124 Å². The van der Waals surface area contributed by atoms with Gasteiger partial charge in [0.15, 0.2) is 0 Å². The molecule has 0 atom stereocenters. The number of hydrogen-bond acceptors (Lipinski definition) is 3. The average molecular weight is 303 g/mol. The smallest absolute Gasteiger partial charge is 0.348 e. The largest absolute Gasteiger partial charge is 0.405 e. The van der Waals surface area contributed by atoms with Crippen LogP contribution in [-0.4, -0.2) is 29.8 Å². The molecule has 0 unspecified atom stereocenters. The Morgan fingerprint density at radius 1 is 1.19 bits per heavy atom. The van der Waals surface area contributed by atoms with Gasteiger partial charge in [-0.15, -0.1) is 0 Å². The zero-order chi connectivity index (χ0) is 16.1. The number of nitrogens with zero attached hydrogens (tertiary/aromatic N) is 2. The van der Waals surface area contributed by atoms with Crippen LogP contribution >= 0.6 is 0 Å². The summed E-state index contributed by atoms with van der Waals surface area (Å²) in [5, 5.41) is 3.28. The third-order valence-electron chi connectivity index (χ3n) is 2.78. The third kappa shape index (κ3) is 7.32. The molecular weight excluding hydrogens is 279 g/mol. The lowest BCUT2D eigenvalue weighted by Gasteiger charge is -2.25. The van der Waals surface area contributed by atoms with E-state index >= 15 is 0 Å². The maximum Gasteiger partial charge on any atom is 0.405 e. The summed E-state index contributed by atoms with van der Waals surface area (Å²) < 4.78 is 37.9. The van der Waals surface area contributed by atoms with Gasteiger partial charge >= 0.3 is 6.18 Å². The highest BCUT2D eigenvalue weighted by molar-refractivity contribution is 5.39. The Kier molecular flexibility index (Phi) is 6.01. The quantitative estimate of drug-likeness (QED) is 0.867. The molecule has 0 spiro atoms. The van der Waals surface area contributed by atoms with Crippen LogP contribution < -0.4 is 10.2 Å². The zero-order valence-electron chi connectivity index (χ0n) is 13.1. The maximum atomic E-state index is 12.6. The molecule has 1 heterocycles. The van der Waals surface area contributed by atoms with E-state index in [0.717, 1.165) is 5.69 Å². The van der Waals surface area contributed by atoms with E-state index in [0.29, 0.717) is 25.3 Å². The van der Waals surface area contributed by atoms with E-state index in [1.165, 1.54) is 4.90 Å². The minimum Gasteiger partial charge on any atom is -0.348 e. The average Bonchev–Trinajstić information content (AvgIpc) is 2.34. The van der Waals surface area contributed by atoms with Crippen LogP contribution in [0.3, 0.4) is 0 Å². The minimum absolute atomic E-state index is 0.0627. The van der Waals surface area contributed by atoms with Crippen LogP contribution in [0.1, 0.15) is 39.8 Å². The Bertz CT molecular complexity index is 439. The number of nitrogens with one attached hydrogen (secondary N) is 1. The van der Waals surface area contributed by atoms with Gasteiger partial charge in [0.2, 0.25) is 0 Å². The van der Waals surface area contributed by atoms with Gasteiger partial charge in [-0.3, -0.25) is 0 Å². The van der Waals surface area contributed by atoms with Crippen molar-refractivity contribution in [3.63, 3.8) is 0 Å². The topological polar surface area (TPSA) is 28.2 Å². The first-order valence-electron chi connectivity index (χ1n) is 7.13. The Hall–Kier alpha value is -1.30. The fourth-order valence-corrected chi connectivity index (χ4v) is 1.86. The third-order valence-corrected chi connectivity index (χ3v) is 2.78. The van der Waals surface area contributed by atoms with Crippen molar-refractivity contribution in [2.75, 3.05) is 18.0 Å². The lowest BCUT2D eigenvalue weighted by Crippen LogP contribution is -2.36. The van der Waals surface area contributed by atoms with Gasteiger partial charge < -0.3 is 10.2 Å². The molecule has 1 rings (SSSR count). The Balaban J connectivity index is 2.84. The molecule has 120 valence electrons. The van der Waals surface area contributed by atoms with Crippen LogP contribution in [0, 0.1) is 0 Å². The molecule has 1 aromatic rings. The van der Waals surface area contributed by atoms with Gasteiger partial charge in [0, 0.05) is 18.6 Å². The van der Waals surface area contributed by atoms with Crippen molar-refractivity contribution in [1.29, 1.82) is 0 Å². The van der Waals surface area contributed by atoms with Crippen LogP contribution in [0.4, 0.5) is 19.0 Å². The fourth-order valence-electron chi connectivity index (χ4n) is 1.86. The molecule has 0 saturated carbocycles. The molecule has 0 fully saturated rings. The second kappa shape index (κ2) is 7.11. The molecule has 21 heavy (non-hydrogen) atoms. The molecule has 0 aliphatic heterocycles. The molecule has 0 aliphatic rings. The fraction of sp³-hybridized carbons (Fsp3) is 0.667. The summed E-state index contributed by atoms with van der Waals surface area (Å²) in [5.41, 5.74) is 0.679. The van der Waals surface area contributed by atoms with Crippen LogP contribution in [0.2, 0.25) is 0 Å². The van der Waals surface area contributed by atoms with Crippen LogP contribution in [0.15, 0.2) is 18.2 Å². The lowest BCUT2D eigenvalue weighted by molar-refractivity contribution is -0.119. The number of hydrogen-bond donors (Lipinski definition) is 1. The van der Waals surface area contributed by atoms with Crippen molar-refractivity contribution < 1.29 is 13.2 Å². The first-order chi connectivity index (χ1) is 9.61. The molecule has 0 saturated heterocycles. The summed E-state index contributed by atoms with van der Waals surface area (Å²) >= 11 is 0. The SMILES string of the molecule is CCCN(CC(F)(F)F)c1cccc(CNC(C)(C)C)n1. The van der Waals surface area contributed by atoms with Gasteiger partial charge in [-0.25, -0.2) is 4.98 Å². The second-order valence-corrected chi connectivity index (χ2v) is 6.13. The number of alkyl halides is 3. The monoisotopic (exact) mass is 303 g/mol. The van der Waals surface area contributed by atoms with Crippen LogP contribution in [0.5, 0.6) is 0 Å². The molecule has 0 aromatic carbocycles. The van der Waals surface area contributed by atoms with Gasteiger partial charge in [0.1, 0.15) is 12.4 Å². The van der Waals surface area contributed by atoms with E-state index in [4.69, 9.17) is 0 Å². The van der Waals surface area contributed by atoms with Crippen molar-refractivity contribution in [2.24, 2.45) is 0 Å². The predicted molar refractivity (Wildman–Crippen MR) is 79.4 cm³/mol. The highest BCUT2D eigenvalue weighted by Crippen LogP contribution is 2.21. The van der Waals surface area contributed by atoms with Crippen molar-refractivity contribution in [3.05, 3.63) is 23.9 Å². The first kappa shape index (κ1) is 17.8. The standard InChI is InChI=1S/C15H24F3N3/c1-5-9-21(11-15(16,17)18)13-8-6-7-12(20-13)10-19-14(2,3)4/h6-8,19H,5,9-11H2,1-4H3. The van der Waals surface area contributed by atoms with Crippen LogP contribution in [-0.2, 0) is 6.54 Å². The summed E-state index contributed by atoms with van der Waals surface area (Å²) in [6.45, 7) is 7.85. The van der Waals surface area contributed by atoms with Crippen molar-refractivity contribution in [1.82, 2.24) is 10.3 Å². The van der Waals surface area contributed by atoms with Crippen molar-refractivity contribution >= 4 is 5.82 Å². The van der Waals surface area contributed by atoms with E-state index in [-0.39, 0.29) is 5.54 Å². The van der Waals surface area contributed by atoms with E-state index in [1.807, 2.05) is 33.8 Å². The number of pyridine rings is 1. The zero-order valence-corrected chi connectivity index (χ0v) is 13.1. The summed E-state index contributed by atoms with van der Waals surface area (Å²) in [6.07, 6.45) is -3.58. The highest BCUT2D eigenvalue weighted by atomic mass is 19.4. The van der Waals surface area contributed by atoms with Gasteiger partial charge in [0.25, 0.3) is 0 Å². The summed E-state index contributed by atoms with van der Waals surface area (Å²) in [6, 6.07) is 5.20. The van der Waals surface area contributed by atoms with E-state index < -0.39 is 12.7 Å². The molecule has 6 heteroatoms. The van der Waals surface area contributed by atoms with Gasteiger partial charge in [-0.1, -0.05) is 13.0 Å². The molecule has 0 radical (unpaired) electrons. The van der Waals surface area contributed by atoms with Gasteiger partial charge in [-0.05, 0) is 39.3 Å². The number of aromatic nitrogens is 1. The number of halogens is 3. The second-order valence-electron chi connectivity index (χ2n) is 6.13.